The number of imide groups is 1. The zero-order valence-corrected chi connectivity index (χ0v) is 16.7. The second-order valence-electron chi connectivity index (χ2n) is 6.13. The topological polar surface area (TPSA) is 82.4 Å². The van der Waals surface area contributed by atoms with Gasteiger partial charge >= 0.3 is 6.03 Å². The minimum atomic E-state index is -1.22. The molecule has 3 rings (SSSR count). The molecule has 1 aliphatic rings. The van der Waals surface area contributed by atoms with Crippen LogP contribution in [0.3, 0.4) is 0 Å². The van der Waals surface area contributed by atoms with Crippen molar-refractivity contribution in [3.63, 3.8) is 0 Å². The first-order valence-corrected chi connectivity index (χ1v) is 9.25. The van der Waals surface area contributed by atoms with E-state index in [9.17, 15) is 9.59 Å². The third kappa shape index (κ3) is 3.77. The maximum absolute atomic E-state index is 12.9. The maximum Gasteiger partial charge on any atom is 0.325 e. The number of amides is 3. The van der Waals surface area contributed by atoms with E-state index in [0.717, 1.165) is 4.90 Å². The molecular formula is C19H15BrClN3O3. The summed E-state index contributed by atoms with van der Waals surface area (Å²) >= 11 is 9.24. The monoisotopic (exact) mass is 447 g/mol. The van der Waals surface area contributed by atoms with Crippen LogP contribution in [0.5, 0.6) is 5.75 Å². The Balaban J connectivity index is 1.71. The second-order valence-corrected chi connectivity index (χ2v) is 7.42. The molecule has 1 aliphatic heterocycles. The molecule has 0 saturated carbocycles. The van der Waals surface area contributed by atoms with Crippen molar-refractivity contribution in [2.45, 2.75) is 12.5 Å². The Bertz CT molecular complexity index is 959. The van der Waals surface area contributed by atoms with Gasteiger partial charge in [-0.15, -0.1) is 0 Å². The van der Waals surface area contributed by atoms with Gasteiger partial charge in [-0.25, -0.2) is 4.79 Å². The number of urea groups is 1. The number of nitrogens with one attached hydrogen (secondary N) is 1. The highest BCUT2D eigenvalue weighted by molar-refractivity contribution is 9.10. The molecule has 0 spiro atoms. The van der Waals surface area contributed by atoms with Gasteiger partial charge in [0.25, 0.3) is 5.91 Å². The predicted octanol–water partition coefficient (Wildman–Crippen LogP) is 3.82. The normalized spacial score (nSPS) is 19.0. The van der Waals surface area contributed by atoms with E-state index in [-0.39, 0.29) is 19.1 Å². The zero-order chi connectivity index (χ0) is 19.6. The lowest BCUT2D eigenvalue weighted by Gasteiger charge is -2.22. The van der Waals surface area contributed by atoms with Crippen LogP contribution in [0, 0.1) is 11.3 Å². The van der Waals surface area contributed by atoms with Crippen molar-refractivity contribution in [3.05, 3.63) is 63.1 Å². The van der Waals surface area contributed by atoms with Crippen LogP contribution < -0.4 is 10.1 Å². The molecule has 0 radical (unpaired) electrons. The molecule has 1 N–H and O–H groups in total. The molecule has 2 aromatic rings. The Morgan fingerprint density at radius 1 is 1.30 bits per heavy atom. The summed E-state index contributed by atoms with van der Waals surface area (Å²) in [6.45, 7) is 1.85. The number of rotatable bonds is 5. The van der Waals surface area contributed by atoms with Crippen molar-refractivity contribution in [1.82, 2.24) is 10.2 Å². The van der Waals surface area contributed by atoms with E-state index in [1.165, 1.54) is 0 Å². The molecule has 2 aromatic carbocycles. The van der Waals surface area contributed by atoms with Gasteiger partial charge in [0.15, 0.2) is 0 Å². The lowest BCUT2D eigenvalue weighted by atomic mass is 9.91. The summed E-state index contributed by atoms with van der Waals surface area (Å²) in [6.07, 6.45) is 0. The van der Waals surface area contributed by atoms with Crippen LogP contribution in [-0.2, 0) is 10.3 Å². The van der Waals surface area contributed by atoms with Crippen molar-refractivity contribution in [1.29, 1.82) is 5.26 Å². The van der Waals surface area contributed by atoms with Gasteiger partial charge in [0, 0.05) is 5.02 Å². The van der Waals surface area contributed by atoms with E-state index in [0.29, 0.717) is 26.4 Å². The number of nitrogens with zero attached hydrogens (tertiary/aromatic N) is 2. The highest BCUT2D eigenvalue weighted by Gasteiger charge is 2.48. The summed E-state index contributed by atoms with van der Waals surface area (Å²) in [5, 5.41) is 12.3. The standard InChI is InChI=1S/C19H15BrClN3O3/c1-19(13-4-2-3-12(9-13)11-22)17(25)24(18(26)23-19)7-8-27-16-6-5-14(21)10-15(16)20/h2-6,9-10H,7-8H2,1H3,(H,23,26). The molecule has 1 unspecified atom stereocenters. The van der Waals surface area contributed by atoms with Crippen LogP contribution in [0.1, 0.15) is 18.1 Å². The van der Waals surface area contributed by atoms with Gasteiger partial charge in [0.2, 0.25) is 0 Å². The molecule has 27 heavy (non-hydrogen) atoms. The van der Waals surface area contributed by atoms with Crippen LogP contribution in [0.2, 0.25) is 5.02 Å². The number of benzene rings is 2. The smallest absolute Gasteiger partial charge is 0.325 e. The second kappa shape index (κ2) is 7.59. The van der Waals surface area contributed by atoms with E-state index in [4.69, 9.17) is 21.6 Å². The van der Waals surface area contributed by atoms with Gasteiger partial charge in [0.05, 0.1) is 22.7 Å². The number of hydrogen-bond donors (Lipinski definition) is 1. The van der Waals surface area contributed by atoms with Gasteiger partial charge < -0.3 is 10.1 Å². The predicted molar refractivity (Wildman–Crippen MR) is 103 cm³/mol. The Morgan fingerprint density at radius 2 is 2.07 bits per heavy atom. The molecule has 6 nitrogen and oxygen atoms in total. The zero-order valence-electron chi connectivity index (χ0n) is 14.3. The van der Waals surface area contributed by atoms with E-state index >= 15 is 0 Å². The van der Waals surface area contributed by atoms with Crippen molar-refractivity contribution < 1.29 is 14.3 Å². The van der Waals surface area contributed by atoms with Crippen molar-refractivity contribution in [2.24, 2.45) is 0 Å². The third-order valence-electron chi connectivity index (χ3n) is 4.31. The van der Waals surface area contributed by atoms with E-state index in [1.54, 1.807) is 49.4 Å². The van der Waals surface area contributed by atoms with Crippen molar-refractivity contribution in [2.75, 3.05) is 13.2 Å². The molecule has 1 fully saturated rings. The number of hydrogen-bond acceptors (Lipinski definition) is 4. The molecular weight excluding hydrogens is 434 g/mol. The fraction of sp³-hybridized carbons (Fsp3) is 0.211. The summed E-state index contributed by atoms with van der Waals surface area (Å²) < 4.78 is 6.32. The molecule has 1 heterocycles. The third-order valence-corrected chi connectivity index (χ3v) is 5.17. The quantitative estimate of drug-likeness (QED) is 0.705. The SMILES string of the molecule is CC1(c2cccc(C#N)c2)NC(=O)N(CCOc2ccc(Cl)cc2Br)C1=O. The average Bonchev–Trinajstić information content (AvgIpc) is 2.87. The largest absolute Gasteiger partial charge is 0.491 e. The lowest BCUT2D eigenvalue weighted by Crippen LogP contribution is -2.41. The van der Waals surface area contributed by atoms with Gasteiger partial charge in [0.1, 0.15) is 17.9 Å². The summed E-state index contributed by atoms with van der Waals surface area (Å²) in [5.74, 6) is 0.178. The first-order valence-electron chi connectivity index (χ1n) is 8.08. The van der Waals surface area contributed by atoms with Gasteiger partial charge in [-0.3, -0.25) is 9.69 Å². The molecule has 138 valence electrons. The molecule has 0 aromatic heterocycles. The number of carbonyl (C=O) groups is 2. The van der Waals surface area contributed by atoms with E-state index < -0.39 is 11.6 Å². The van der Waals surface area contributed by atoms with Crippen LogP contribution in [0.15, 0.2) is 46.9 Å². The maximum atomic E-state index is 12.9. The minimum Gasteiger partial charge on any atom is -0.491 e. The Hall–Kier alpha value is -2.56. The average molecular weight is 449 g/mol. The summed E-state index contributed by atoms with van der Waals surface area (Å²) in [7, 11) is 0. The first kappa shape index (κ1) is 19.2. The van der Waals surface area contributed by atoms with E-state index in [2.05, 4.69) is 21.2 Å². The van der Waals surface area contributed by atoms with Crippen molar-refractivity contribution >= 4 is 39.5 Å². The highest BCUT2D eigenvalue weighted by Crippen LogP contribution is 2.30. The number of carbonyl (C=O) groups excluding carboxylic acids is 2. The minimum absolute atomic E-state index is 0.0905. The number of nitriles is 1. The van der Waals surface area contributed by atoms with Crippen LogP contribution in [0.4, 0.5) is 4.79 Å². The molecule has 1 saturated heterocycles. The lowest BCUT2D eigenvalue weighted by molar-refractivity contribution is -0.131. The molecule has 1 atom stereocenters. The first-order chi connectivity index (χ1) is 12.8. The Labute approximate surface area is 169 Å². The van der Waals surface area contributed by atoms with Gasteiger partial charge in [-0.2, -0.15) is 5.26 Å². The summed E-state index contributed by atoms with van der Waals surface area (Å²) in [5.41, 5.74) is -0.237. The van der Waals surface area contributed by atoms with Crippen LogP contribution in [0.25, 0.3) is 0 Å². The molecule has 0 aliphatic carbocycles. The summed E-state index contributed by atoms with van der Waals surface area (Å²) in [6, 6.07) is 13.3. The number of ether oxygens (including phenoxy) is 1. The Morgan fingerprint density at radius 3 is 2.78 bits per heavy atom. The molecule has 3 amide bonds. The number of halogens is 2. The van der Waals surface area contributed by atoms with E-state index in [1.807, 2.05) is 6.07 Å². The molecule has 8 heteroatoms. The highest BCUT2D eigenvalue weighted by atomic mass is 79.9. The molecule has 0 bridgehead atoms. The Kier molecular flexibility index (Phi) is 5.40. The fourth-order valence-corrected chi connectivity index (χ4v) is 3.63. The van der Waals surface area contributed by atoms with Gasteiger partial charge in [-0.1, -0.05) is 23.7 Å². The van der Waals surface area contributed by atoms with Crippen LogP contribution in [-0.4, -0.2) is 30.0 Å². The van der Waals surface area contributed by atoms with Crippen molar-refractivity contribution in [3.8, 4) is 11.8 Å². The van der Waals surface area contributed by atoms with Crippen LogP contribution >= 0.6 is 27.5 Å². The summed E-state index contributed by atoms with van der Waals surface area (Å²) in [4.78, 5) is 26.3. The van der Waals surface area contributed by atoms with Gasteiger partial charge in [-0.05, 0) is 58.7 Å². The fourth-order valence-electron chi connectivity index (χ4n) is 2.83.